The zero-order chi connectivity index (χ0) is 14.2. The van der Waals surface area contributed by atoms with Gasteiger partial charge in [-0.25, -0.2) is 5.43 Å². The second-order valence-electron chi connectivity index (χ2n) is 3.70. The number of rotatable bonds is 5. The summed E-state index contributed by atoms with van der Waals surface area (Å²) in [4.78, 5) is 12.1. The molecular formula is C14H11N3O2S. The van der Waals surface area contributed by atoms with Gasteiger partial charge in [0.05, 0.1) is 12.3 Å². The van der Waals surface area contributed by atoms with Crippen LogP contribution in [0, 0.1) is 11.3 Å². The van der Waals surface area contributed by atoms with Crippen molar-refractivity contribution in [2.45, 2.75) is 16.4 Å². The Labute approximate surface area is 120 Å². The topological polar surface area (TPSA) is 78.4 Å². The van der Waals surface area contributed by atoms with Gasteiger partial charge in [-0.3, -0.25) is 4.79 Å². The number of carbonyl (C=O) groups is 1. The van der Waals surface area contributed by atoms with Crippen LogP contribution in [0.3, 0.4) is 0 Å². The Kier molecular flexibility index (Phi) is 4.98. The summed E-state index contributed by atoms with van der Waals surface area (Å²) in [7, 11) is 0. The summed E-state index contributed by atoms with van der Waals surface area (Å²) in [6.07, 6.45) is 1.18. The Morgan fingerprint density at radius 2 is 2.15 bits per heavy atom. The molecule has 100 valence electrons. The maximum atomic E-state index is 11.0. The Morgan fingerprint density at radius 3 is 2.90 bits per heavy atom. The molecule has 0 bridgehead atoms. The molecule has 6 heteroatoms. The average molecular weight is 285 g/mol. The fraction of sp³-hybridized carbons (Fsp3) is 0.0714. The smallest absolute Gasteiger partial charge is 0.254 e. The van der Waals surface area contributed by atoms with E-state index in [0.717, 1.165) is 9.99 Å². The van der Waals surface area contributed by atoms with Crippen molar-refractivity contribution < 1.29 is 9.21 Å². The number of nitrogens with zero attached hydrogens (tertiary/aromatic N) is 2. The molecule has 0 aliphatic carbocycles. The van der Waals surface area contributed by atoms with Crippen LogP contribution in [0.25, 0.3) is 0 Å². The zero-order valence-corrected chi connectivity index (χ0v) is 11.3. The maximum Gasteiger partial charge on any atom is 0.254 e. The van der Waals surface area contributed by atoms with E-state index < -0.39 is 5.91 Å². The van der Waals surface area contributed by atoms with Crippen LogP contribution < -0.4 is 5.43 Å². The molecular weight excluding hydrogens is 274 g/mol. The van der Waals surface area contributed by atoms with Crippen LogP contribution in [-0.4, -0.2) is 12.1 Å². The van der Waals surface area contributed by atoms with Gasteiger partial charge in [0.2, 0.25) is 0 Å². The van der Waals surface area contributed by atoms with Crippen molar-refractivity contribution in [3.05, 3.63) is 48.2 Å². The second kappa shape index (κ2) is 7.16. The van der Waals surface area contributed by atoms with Crippen molar-refractivity contribution in [2.75, 3.05) is 0 Å². The first-order valence-electron chi connectivity index (χ1n) is 5.79. The molecule has 1 aromatic heterocycles. The Balaban J connectivity index is 1.91. The SMILES string of the molecule is N#CCC(=O)N/N=C/c1ccc(Sc2ccccc2)o1. The van der Waals surface area contributed by atoms with Crippen molar-refractivity contribution in [3.63, 3.8) is 0 Å². The lowest BCUT2D eigenvalue weighted by molar-refractivity contribution is -0.120. The predicted molar refractivity (Wildman–Crippen MR) is 75.2 cm³/mol. The minimum Gasteiger partial charge on any atom is -0.448 e. The van der Waals surface area contributed by atoms with E-state index in [9.17, 15) is 4.79 Å². The average Bonchev–Trinajstić information content (AvgIpc) is 2.88. The standard InChI is InChI=1S/C14H11N3O2S/c15-9-8-13(18)17-16-10-11-6-7-14(19-11)20-12-4-2-1-3-5-12/h1-7,10H,8H2,(H,17,18)/b16-10+. The predicted octanol–water partition coefficient (Wildman–Crippen LogP) is 2.79. The van der Waals surface area contributed by atoms with E-state index in [1.54, 1.807) is 12.1 Å². The van der Waals surface area contributed by atoms with E-state index in [0.29, 0.717) is 5.76 Å². The molecule has 0 fully saturated rings. The molecule has 0 saturated carbocycles. The van der Waals surface area contributed by atoms with Crippen LogP contribution in [0.5, 0.6) is 0 Å². The zero-order valence-electron chi connectivity index (χ0n) is 10.4. The first-order valence-corrected chi connectivity index (χ1v) is 6.61. The molecule has 0 unspecified atom stereocenters. The fourth-order valence-corrected chi connectivity index (χ4v) is 2.14. The second-order valence-corrected chi connectivity index (χ2v) is 4.78. The number of nitriles is 1. The Hall–Kier alpha value is -2.52. The third kappa shape index (κ3) is 4.30. The van der Waals surface area contributed by atoms with E-state index in [4.69, 9.17) is 9.68 Å². The van der Waals surface area contributed by atoms with Crippen molar-refractivity contribution in [2.24, 2.45) is 5.10 Å². The number of nitrogens with one attached hydrogen (secondary N) is 1. The number of hydrogen-bond acceptors (Lipinski definition) is 5. The third-order valence-electron chi connectivity index (χ3n) is 2.18. The van der Waals surface area contributed by atoms with Gasteiger partial charge in [-0.05, 0) is 24.3 Å². The summed E-state index contributed by atoms with van der Waals surface area (Å²) in [5.41, 5.74) is 2.23. The number of carbonyl (C=O) groups excluding carboxylic acids is 1. The lowest BCUT2D eigenvalue weighted by atomic mass is 10.4. The first-order chi connectivity index (χ1) is 9.78. The summed E-state index contributed by atoms with van der Waals surface area (Å²) >= 11 is 1.50. The van der Waals surface area contributed by atoms with Crippen LogP contribution in [0.4, 0.5) is 0 Å². The van der Waals surface area contributed by atoms with Gasteiger partial charge in [0.1, 0.15) is 12.2 Å². The Morgan fingerprint density at radius 1 is 1.35 bits per heavy atom. The number of amides is 1. The Bertz CT molecular complexity index is 644. The summed E-state index contributed by atoms with van der Waals surface area (Å²) < 4.78 is 5.53. The lowest BCUT2D eigenvalue weighted by Crippen LogP contribution is -2.15. The molecule has 0 radical (unpaired) electrons. The molecule has 0 aliphatic rings. The van der Waals surface area contributed by atoms with Crippen LogP contribution in [-0.2, 0) is 4.79 Å². The molecule has 2 rings (SSSR count). The van der Waals surface area contributed by atoms with Gasteiger partial charge in [0, 0.05) is 4.90 Å². The summed E-state index contributed by atoms with van der Waals surface area (Å²) in [6.45, 7) is 0. The van der Waals surface area contributed by atoms with E-state index in [-0.39, 0.29) is 6.42 Å². The number of benzene rings is 1. The molecule has 0 aliphatic heterocycles. The van der Waals surface area contributed by atoms with Gasteiger partial charge < -0.3 is 4.42 Å². The van der Waals surface area contributed by atoms with Crippen molar-refractivity contribution in [1.29, 1.82) is 5.26 Å². The molecule has 0 saturated heterocycles. The molecule has 2 aromatic rings. The summed E-state index contributed by atoms with van der Waals surface area (Å²) in [5.74, 6) is 0.0786. The monoisotopic (exact) mass is 285 g/mol. The molecule has 1 amide bonds. The van der Waals surface area contributed by atoms with E-state index >= 15 is 0 Å². The minimum atomic E-state index is -0.450. The third-order valence-corrected chi connectivity index (χ3v) is 3.11. The molecule has 1 heterocycles. The summed E-state index contributed by atoms with van der Waals surface area (Å²) in [5, 5.41) is 12.8. The molecule has 1 aromatic carbocycles. The highest BCUT2D eigenvalue weighted by molar-refractivity contribution is 7.99. The van der Waals surface area contributed by atoms with Gasteiger partial charge in [-0.15, -0.1) is 0 Å². The van der Waals surface area contributed by atoms with Crippen LogP contribution in [0.1, 0.15) is 12.2 Å². The number of hydrazone groups is 1. The van der Waals surface area contributed by atoms with E-state index in [1.165, 1.54) is 18.0 Å². The van der Waals surface area contributed by atoms with E-state index in [1.807, 2.05) is 36.4 Å². The van der Waals surface area contributed by atoms with E-state index in [2.05, 4.69) is 10.5 Å². The molecule has 0 spiro atoms. The number of hydrogen-bond donors (Lipinski definition) is 1. The van der Waals surface area contributed by atoms with Gasteiger partial charge >= 0.3 is 0 Å². The van der Waals surface area contributed by atoms with Crippen LogP contribution in [0.15, 0.2) is 62.0 Å². The number of furan rings is 1. The quantitative estimate of drug-likeness (QED) is 0.676. The van der Waals surface area contributed by atoms with Crippen molar-refractivity contribution in [1.82, 2.24) is 5.43 Å². The minimum absolute atomic E-state index is 0.218. The highest BCUT2D eigenvalue weighted by Gasteiger charge is 2.02. The largest absolute Gasteiger partial charge is 0.448 e. The molecule has 20 heavy (non-hydrogen) atoms. The van der Waals surface area contributed by atoms with Gasteiger partial charge in [0.25, 0.3) is 5.91 Å². The highest BCUT2D eigenvalue weighted by Crippen LogP contribution is 2.28. The molecule has 0 atom stereocenters. The normalized spacial score (nSPS) is 10.3. The van der Waals surface area contributed by atoms with Gasteiger partial charge in [-0.2, -0.15) is 10.4 Å². The lowest BCUT2D eigenvalue weighted by Gasteiger charge is -1.96. The summed E-state index contributed by atoms with van der Waals surface area (Å²) in [6, 6.07) is 15.2. The fourth-order valence-electron chi connectivity index (χ4n) is 1.34. The highest BCUT2D eigenvalue weighted by atomic mass is 32.2. The van der Waals surface area contributed by atoms with Gasteiger partial charge in [-0.1, -0.05) is 30.0 Å². The van der Waals surface area contributed by atoms with Crippen LogP contribution in [0.2, 0.25) is 0 Å². The maximum absolute atomic E-state index is 11.0. The van der Waals surface area contributed by atoms with Crippen molar-refractivity contribution in [3.8, 4) is 6.07 Å². The van der Waals surface area contributed by atoms with Crippen LogP contribution >= 0.6 is 11.8 Å². The molecule has 5 nitrogen and oxygen atoms in total. The molecule has 1 N–H and O–H groups in total. The van der Waals surface area contributed by atoms with Gasteiger partial charge in [0.15, 0.2) is 5.09 Å². The van der Waals surface area contributed by atoms with Crippen molar-refractivity contribution >= 4 is 23.9 Å². The first kappa shape index (κ1) is 13.9.